The first-order valence-corrected chi connectivity index (χ1v) is 9.02. The summed E-state index contributed by atoms with van der Waals surface area (Å²) in [6, 6.07) is 15.3. The van der Waals surface area contributed by atoms with Gasteiger partial charge in [0.15, 0.2) is 11.5 Å². The quantitative estimate of drug-likeness (QED) is 0.732. The Kier molecular flexibility index (Phi) is 5.40. The molecule has 5 nitrogen and oxygen atoms in total. The summed E-state index contributed by atoms with van der Waals surface area (Å²) in [4.78, 5) is 14.3. The van der Waals surface area contributed by atoms with Gasteiger partial charge in [-0.05, 0) is 60.0 Å². The molecule has 0 aliphatic carbocycles. The van der Waals surface area contributed by atoms with Gasteiger partial charge >= 0.3 is 0 Å². The second-order valence-electron chi connectivity index (χ2n) is 5.89. The van der Waals surface area contributed by atoms with Crippen LogP contribution in [0.2, 0.25) is 0 Å². The smallest absolute Gasteiger partial charge is 0.276 e. The van der Waals surface area contributed by atoms with Crippen LogP contribution < -0.4 is 10.2 Å². The first-order chi connectivity index (χ1) is 12.1. The van der Waals surface area contributed by atoms with Crippen LogP contribution in [0.25, 0.3) is 0 Å². The molecule has 0 aliphatic rings. The number of nitrogens with one attached hydrogen (secondary N) is 1. The minimum Gasteiger partial charge on any atom is -0.355 e. The van der Waals surface area contributed by atoms with Crippen LogP contribution >= 0.6 is 11.3 Å². The van der Waals surface area contributed by atoms with E-state index in [2.05, 4.69) is 44.2 Å². The molecule has 0 saturated heterocycles. The van der Waals surface area contributed by atoms with Gasteiger partial charge in [-0.2, -0.15) is 11.3 Å². The van der Waals surface area contributed by atoms with Crippen LogP contribution in [-0.2, 0) is 6.42 Å². The summed E-state index contributed by atoms with van der Waals surface area (Å²) in [7, 11) is 1.99. The number of thiophene rings is 1. The summed E-state index contributed by atoms with van der Waals surface area (Å²) in [6.45, 7) is 2.15. The van der Waals surface area contributed by atoms with Gasteiger partial charge in [0.25, 0.3) is 5.91 Å². The molecule has 128 valence electrons. The third-order valence-electron chi connectivity index (χ3n) is 4.05. The lowest BCUT2D eigenvalue weighted by Crippen LogP contribution is -2.31. The van der Waals surface area contributed by atoms with Crippen molar-refractivity contribution >= 4 is 28.7 Å². The molecule has 2 aromatic heterocycles. The van der Waals surface area contributed by atoms with E-state index in [4.69, 9.17) is 0 Å². The van der Waals surface area contributed by atoms with Crippen molar-refractivity contribution in [3.8, 4) is 0 Å². The molecule has 2 heterocycles. The number of carbonyl (C=O) groups excluding carboxylic acids is 1. The molecule has 3 rings (SSSR count). The lowest BCUT2D eigenvalue weighted by atomic mass is 10.1. The molecule has 1 aromatic carbocycles. The summed E-state index contributed by atoms with van der Waals surface area (Å²) < 4.78 is 0. The number of carbonyl (C=O) groups is 1. The summed E-state index contributed by atoms with van der Waals surface area (Å²) in [5.41, 5.74) is 2.35. The van der Waals surface area contributed by atoms with Gasteiger partial charge in [-0.15, -0.1) is 10.2 Å². The maximum atomic E-state index is 12.2. The number of aromatic nitrogens is 2. The van der Waals surface area contributed by atoms with E-state index in [-0.39, 0.29) is 11.9 Å². The highest BCUT2D eigenvalue weighted by molar-refractivity contribution is 7.07. The van der Waals surface area contributed by atoms with E-state index in [1.165, 1.54) is 5.56 Å². The highest BCUT2D eigenvalue weighted by Gasteiger charge is 2.14. The van der Waals surface area contributed by atoms with Crippen LogP contribution in [0, 0.1) is 0 Å². The average molecular weight is 352 g/mol. The molecule has 1 amide bonds. The zero-order chi connectivity index (χ0) is 17.6. The zero-order valence-corrected chi connectivity index (χ0v) is 15.0. The Hall–Kier alpha value is -2.73. The maximum Gasteiger partial charge on any atom is 0.276 e. The van der Waals surface area contributed by atoms with Crippen molar-refractivity contribution in [3.05, 3.63) is 70.5 Å². The Morgan fingerprint density at radius 2 is 1.96 bits per heavy atom. The Balaban J connectivity index is 1.64. The molecule has 0 saturated carbocycles. The fourth-order valence-corrected chi connectivity index (χ4v) is 3.15. The number of benzene rings is 1. The molecule has 1 unspecified atom stereocenters. The van der Waals surface area contributed by atoms with Crippen LogP contribution in [0.15, 0.2) is 59.3 Å². The SMILES string of the molecule is CC(Cc1ccsc1)N(C)c1ccc(C(=O)Nc2ccccc2)nn1. The summed E-state index contributed by atoms with van der Waals surface area (Å²) in [5, 5.41) is 15.3. The topological polar surface area (TPSA) is 58.1 Å². The van der Waals surface area contributed by atoms with Gasteiger partial charge in [0, 0.05) is 18.8 Å². The largest absolute Gasteiger partial charge is 0.355 e. The van der Waals surface area contributed by atoms with Gasteiger partial charge in [0.2, 0.25) is 0 Å². The molecule has 0 spiro atoms. The first-order valence-electron chi connectivity index (χ1n) is 8.07. The maximum absolute atomic E-state index is 12.2. The standard InChI is InChI=1S/C19H20N4OS/c1-14(12-15-10-11-25-13-15)23(2)18-9-8-17(21-22-18)19(24)20-16-6-4-3-5-7-16/h3-11,13-14H,12H2,1-2H3,(H,20,24). The molecule has 3 aromatic rings. The van der Waals surface area contributed by atoms with E-state index in [0.717, 1.165) is 17.9 Å². The van der Waals surface area contributed by atoms with E-state index >= 15 is 0 Å². The van der Waals surface area contributed by atoms with Crippen LogP contribution in [-0.4, -0.2) is 29.2 Å². The molecular formula is C19H20N4OS. The lowest BCUT2D eigenvalue weighted by Gasteiger charge is -2.25. The van der Waals surface area contributed by atoms with E-state index in [1.54, 1.807) is 17.4 Å². The number of para-hydroxylation sites is 1. The van der Waals surface area contributed by atoms with Crippen LogP contribution in [0.1, 0.15) is 23.0 Å². The van der Waals surface area contributed by atoms with Crippen LogP contribution in [0.5, 0.6) is 0 Å². The second-order valence-corrected chi connectivity index (χ2v) is 6.67. The summed E-state index contributed by atoms with van der Waals surface area (Å²) in [6.07, 6.45) is 0.942. The Labute approximate surface area is 151 Å². The third kappa shape index (κ3) is 4.42. The van der Waals surface area contributed by atoms with Crippen molar-refractivity contribution in [3.63, 3.8) is 0 Å². The Morgan fingerprint density at radius 1 is 1.16 bits per heavy atom. The predicted molar refractivity (Wildman–Crippen MR) is 102 cm³/mol. The van der Waals surface area contributed by atoms with E-state index in [9.17, 15) is 4.79 Å². The van der Waals surface area contributed by atoms with Gasteiger partial charge < -0.3 is 10.2 Å². The highest BCUT2D eigenvalue weighted by atomic mass is 32.1. The fraction of sp³-hybridized carbons (Fsp3) is 0.211. The van der Waals surface area contributed by atoms with Crippen LogP contribution in [0.4, 0.5) is 11.5 Å². The lowest BCUT2D eigenvalue weighted by molar-refractivity contribution is 0.102. The number of hydrogen-bond acceptors (Lipinski definition) is 5. The minimum atomic E-state index is -0.265. The molecule has 1 N–H and O–H groups in total. The number of anilines is 2. The van der Waals surface area contributed by atoms with E-state index < -0.39 is 0 Å². The second kappa shape index (κ2) is 7.90. The zero-order valence-electron chi connectivity index (χ0n) is 14.2. The Bertz CT molecular complexity index is 803. The highest BCUT2D eigenvalue weighted by Crippen LogP contribution is 2.16. The predicted octanol–water partition coefficient (Wildman–Crippen LogP) is 3.86. The van der Waals surface area contributed by atoms with Gasteiger partial charge in [-0.1, -0.05) is 18.2 Å². The van der Waals surface area contributed by atoms with Crippen molar-refractivity contribution < 1.29 is 4.79 Å². The normalized spacial score (nSPS) is 11.8. The first kappa shape index (κ1) is 17.1. The van der Waals surface area contributed by atoms with Gasteiger partial charge in [0.05, 0.1) is 0 Å². The molecule has 25 heavy (non-hydrogen) atoms. The van der Waals surface area contributed by atoms with Crippen LogP contribution in [0.3, 0.4) is 0 Å². The average Bonchev–Trinajstić information content (AvgIpc) is 3.15. The minimum absolute atomic E-state index is 0.265. The molecule has 0 fully saturated rings. The van der Waals surface area contributed by atoms with Crippen molar-refractivity contribution in [1.29, 1.82) is 0 Å². The van der Waals surface area contributed by atoms with E-state index in [0.29, 0.717) is 5.69 Å². The van der Waals surface area contributed by atoms with E-state index in [1.807, 2.05) is 43.4 Å². The molecule has 6 heteroatoms. The number of rotatable bonds is 6. The fourth-order valence-electron chi connectivity index (χ4n) is 2.46. The summed E-state index contributed by atoms with van der Waals surface area (Å²) >= 11 is 1.70. The van der Waals surface area contributed by atoms with Crippen molar-refractivity contribution in [1.82, 2.24) is 10.2 Å². The molecule has 0 aliphatic heterocycles. The van der Waals surface area contributed by atoms with Crippen molar-refractivity contribution in [2.45, 2.75) is 19.4 Å². The van der Waals surface area contributed by atoms with Crippen molar-refractivity contribution in [2.24, 2.45) is 0 Å². The van der Waals surface area contributed by atoms with Gasteiger partial charge in [-0.25, -0.2) is 0 Å². The molecule has 0 radical (unpaired) electrons. The number of hydrogen-bond donors (Lipinski definition) is 1. The number of nitrogens with zero attached hydrogens (tertiary/aromatic N) is 3. The van der Waals surface area contributed by atoms with Gasteiger partial charge in [-0.3, -0.25) is 4.79 Å². The number of amides is 1. The van der Waals surface area contributed by atoms with Gasteiger partial charge in [0.1, 0.15) is 0 Å². The van der Waals surface area contributed by atoms with Crippen molar-refractivity contribution in [2.75, 3.05) is 17.3 Å². The molecule has 0 bridgehead atoms. The molecule has 1 atom stereocenters. The Morgan fingerprint density at radius 3 is 2.60 bits per heavy atom. The summed E-state index contributed by atoms with van der Waals surface area (Å²) in [5.74, 6) is 0.484. The number of likely N-dealkylation sites (N-methyl/N-ethyl adjacent to an activating group) is 1. The molecular weight excluding hydrogens is 332 g/mol. The third-order valence-corrected chi connectivity index (χ3v) is 4.78. The monoisotopic (exact) mass is 352 g/mol.